The molecule has 1 aromatic carbocycles. The fourth-order valence-electron chi connectivity index (χ4n) is 4.25. The van der Waals surface area contributed by atoms with Gasteiger partial charge >= 0.3 is 0 Å². The summed E-state index contributed by atoms with van der Waals surface area (Å²) < 4.78 is 6.15. The van der Waals surface area contributed by atoms with Crippen LogP contribution in [0.25, 0.3) is 0 Å². The molecule has 1 amide bonds. The molecule has 1 aliphatic heterocycles. The number of rotatable bonds is 8. The first-order valence-electron chi connectivity index (χ1n) is 11.9. The summed E-state index contributed by atoms with van der Waals surface area (Å²) in [6, 6.07) is 9.36. The molecule has 2 heterocycles. The second-order valence-corrected chi connectivity index (χ2v) is 9.67. The maximum Gasteiger partial charge on any atom is 0.248 e. The number of likely N-dealkylation sites (tertiary alicyclic amines) is 1. The number of nitrogens with zero attached hydrogens (tertiary/aromatic N) is 4. The van der Waals surface area contributed by atoms with Crippen molar-refractivity contribution in [2.24, 2.45) is 10.9 Å². The van der Waals surface area contributed by atoms with E-state index in [9.17, 15) is 4.79 Å². The molecular formula is C25H30ClN5O2. The maximum absolute atomic E-state index is 13.0. The highest BCUT2D eigenvalue weighted by atomic mass is 35.5. The molecule has 3 fully saturated rings. The number of aromatic nitrogens is 2. The normalized spacial score (nSPS) is 20.4. The van der Waals surface area contributed by atoms with Gasteiger partial charge in [0.05, 0.1) is 5.02 Å². The van der Waals surface area contributed by atoms with Crippen LogP contribution in [0.3, 0.4) is 0 Å². The second-order valence-electron chi connectivity index (χ2n) is 9.26. The van der Waals surface area contributed by atoms with Crippen LogP contribution in [0.1, 0.15) is 50.8 Å². The molecule has 0 atom stereocenters. The molecule has 0 unspecified atom stereocenters. The zero-order valence-corrected chi connectivity index (χ0v) is 19.5. The Morgan fingerprint density at radius 1 is 1.12 bits per heavy atom. The third kappa shape index (κ3) is 5.46. The van der Waals surface area contributed by atoms with Gasteiger partial charge in [-0.3, -0.25) is 4.79 Å². The molecule has 1 aromatic heterocycles. The fourth-order valence-corrected chi connectivity index (χ4v) is 4.43. The Morgan fingerprint density at radius 3 is 2.52 bits per heavy atom. The summed E-state index contributed by atoms with van der Waals surface area (Å²) in [7, 11) is 0. The van der Waals surface area contributed by atoms with E-state index in [1.165, 1.54) is 12.8 Å². The first kappa shape index (κ1) is 22.1. The van der Waals surface area contributed by atoms with Gasteiger partial charge in [-0.25, -0.2) is 15.0 Å². The van der Waals surface area contributed by atoms with E-state index in [0.29, 0.717) is 16.7 Å². The number of hydrogen-bond donors (Lipinski definition) is 1. The molecule has 33 heavy (non-hydrogen) atoms. The van der Waals surface area contributed by atoms with Gasteiger partial charge in [-0.05, 0) is 43.4 Å². The maximum atomic E-state index is 13.0. The van der Waals surface area contributed by atoms with Crippen LogP contribution in [0.15, 0.2) is 47.7 Å². The number of ether oxygens (including phenoxy) is 1. The number of carbonyl (C=O) groups is 1. The van der Waals surface area contributed by atoms with Crippen LogP contribution in [-0.2, 0) is 4.79 Å². The van der Waals surface area contributed by atoms with E-state index >= 15 is 0 Å². The SMILES string of the molecule is O=C(NCCC1CC1)C1(N=C(c2ncccn2)N2CCC(Oc3ccccc3Cl)CC2)CC1. The lowest BCUT2D eigenvalue weighted by Crippen LogP contribution is -2.45. The predicted octanol–water partition coefficient (Wildman–Crippen LogP) is 3.87. The molecule has 2 aliphatic carbocycles. The molecule has 2 saturated carbocycles. The lowest BCUT2D eigenvalue weighted by atomic mass is 10.1. The number of amides is 1. The van der Waals surface area contributed by atoms with Crippen molar-refractivity contribution in [2.45, 2.75) is 56.6 Å². The van der Waals surface area contributed by atoms with E-state index in [-0.39, 0.29) is 12.0 Å². The van der Waals surface area contributed by atoms with Gasteiger partial charge < -0.3 is 15.0 Å². The number of carbonyl (C=O) groups excluding carboxylic acids is 1. The number of amidine groups is 1. The van der Waals surface area contributed by atoms with Crippen molar-refractivity contribution < 1.29 is 9.53 Å². The van der Waals surface area contributed by atoms with Gasteiger partial charge in [-0.2, -0.15) is 0 Å². The Hall–Kier alpha value is -2.67. The molecule has 3 aliphatic rings. The minimum Gasteiger partial charge on any atom is -0.489 e. The Morgan fingerprint density at radius 2 is 1.85 bits per heavy atom. The summed E-state index contributed by atoms with van der Waals surface area (Å²) >= 11 is 6.26. The van der Waals surface area contributed by atoms with Crippen molar-refractivity contribution in [1.82, 2.24) is 20.2 Å². The summed E-state index contributed by atoms with van der Waals surface area (Å²) in [6.45, 7) is 2.25. The zero-order chi connectivity index (χ0) is 22.7. The molecule has 8 heteroatoms. The largest absolute Gasteiger partial charge is 0.489 e. The summed E-state index contributed by atoms with van der Waals surface area (Å²) in [6.07, 6.45) is 10.4. The van der Waals surface area contributed by atoms with Crippen LogP contribution >= 0.6 is 11.6 Å². The second kappa shape index (κ2) is 9.67. The summed E-state index contributed by atoms with van der Waals surface area (Å²) in [5.41, 5.74) is -0.678. The molecule has 174 valence electrons. The van der Waals surface area contributed by atoms with Crippen LogP contribution in [-0.4, -0.2) is 57.9 Å². The quantitative estimate of drug-likeness (QED) is 0.471. The number of hydrogen-bond acceptors (Lipinski definition) is 5. The summed E-state index contributed by atoms with van der Waals surface area (Å²) in [5.74, 6) is 2.83. The Labute approximate surface area is 199 Å². The van der Waals surface area contributed by atoms with Crippen molar-refractivity contribution in [3.8, 4) is 5.75 Å². The molecule has 0 bridgehead atoms. The van der Waals surface area contributed by atoms with E-state index in [4.69, 9.17) is 21.3 Å². The van der Waals surface area contributed by atoms with Crippen molar-refractivity contribution in [3.05, 3.63) is 53.6 Å². The van der Waals surface area contributed by atoms with Crippen LogP contribution in [0.5, 0.6) is 5.75 Å². The van der Waals surface area contributed by atoms with Crippen LogP contribution < -0.4 is 10.1 Å². The molecule has 2 aromatic rings. The minimum atomic E-state index is -0.678. The third-order valence-electron chi connectivity index (χ3n) is 6.64. The predicted molar refractivity (Wildman–Crippen MR) is 128 cm³/mol. The molecule has 5 rings (SSSR count). The summed E-state index contributed by atoms with van der Waals surface area (Å²) in [5, 5.41) is 3.75. The number of halogens is 1. The number of aliphatic imine (C=N–C) groups is 1. The highest BCUT2D eigenvalue weighted by Crippen LogP contribution is 2.41. The highest BCUT2D eigenvalue weighted by molar-refractivity contribution is 6.32. The van der Waals surface area contributed by atoms with Gasteiger partial charge in [-0.1, -0.05) is 36.6 Å². The third-order valence-corrected chi connectivity index (χ3v) is 6.95. The van der Waals surface area contributed by atoms with Gasteiger partial charge in [0.2, 0.25) is 5.91 Å². The molecule has 1 N–H and O–H groups in total. The lowest BCUT2D eigenvalue weighted by Gasteiger charge is -2.34. The Bertz CT molecular complexity index is 999. The van der Waals surface area contributed by atoms with E-state index in [2.05, 4.69) is 20.2 Å². The smallest absolute Gasteiger partial charge is 0.248 e. The molecule has 0 radical (unpaired) electrons. The fraction of sp³-hybridized carbons (Fsp3) is 0.520. The standard InChI is InChI=1S/C25H30ClN5O2/c26-20-4-1-2-5-21(20)33-19-9-16-31(17-10-19)23(22-27-13-3-14-28-22)30-25(11-12-25)24(32)29-15-8-18-6-7-18/h1-5,13-14,18-19H,6-12,15-17H2,(H,29,32). The first-order valence-corrected chi connectivity index (χ1v) is 12.3. The topological polar surface area (TPSA) is 79.7 Å². The number of nitrogens with one attached hydrogen (secondary N) is 1. The van der Waals surface area contributed by atoms with E-state index in [1.54, 1.807) is 18.5 Å². The van der Waals surface area contributed by atoms with Gasteiger partial charge in [0, 0.05) is 44.9 Å². The highest BCUT2D eigenvalue weighted by Gasteiger charge is 2.51. The van der Waals surface area contributed by atoms with Crippen molar-refractivity contribution in [1.29, 1.82) is 0 Å². The van der Waals surface area contributed by atoms with Crippen molar-refractivity contribution in [3.63, 3.8) is 0 Å². The van der Waals surface area contributed by atoms with Crippen LogP contribution in [0.4, 0.5) is 0 Å². The van der Waals surface area contributed by atoms with E-state index in [1.807, 2.05) is 24.3 Å². The van der Waals surface area contributed by atoms with E-state index in [0.717, 1.165) is 63.4 Å². The first-order chi connectivity index (χ1) is 16.1. The lowest BCUT2D eigenvalue weighted by molar-refractivity contribution is -0.123. The van der Waals surface area contributed by atoms with Crippen molar-refractivity contribution in [2.75, 3.05) is 19.6 Å². The van der Waals surface area contributed by atoms with E-state index < -0.39 is 5.54 Å². The number of para-hydroxylation sites is 1. The molecule has 7 nitrogen and oxygen atoms in total. The molecule has 0 spiro atoms. The van der Waals surface area contributed by atoms with Gasteiger partial charge in [0.25, 0.3) is 0 Å². The average molecular weight is 468 g/mol. The average Bonchev–Trinajstić information content (AvgIpc) is 3.77. The van der Waals surface area contributed by atoms with Crippen LogP contribution in [0, 0.1) is 5.92 Å². The Balaban J connectivity index is 1.27. The van der Waals surface area contributed by atoms with Crippen molar-refractivity contribution >= 4 is 23.3 Å². The monoisotopic (exact) mass is 467 g/mol. The van der Waals surface area contributed by atoms with Gasteiger partial charge in [0.15, 0.2) is 11.7 Å². The minimum absolute atomic E-state index is 0.0357. The molecule has 1 saturated heterocycles. The van der Waals surface area contributed by atoms with Crippen LogP contribution in [0.2, 0.25) is 5.02 Å². The molecular weight excluding hydrogens is 438 g/mol. The van der Waals surface area contributed by atoms with Gasteiger partial charge in [0.1, 0.15) is 17.4 Å². The number of piperidine rings is 1. The zero-order valence-electron chi connectivity index (χ0n) is 18.8. The Kier molecular flexibility index (Phi) is 6.49. The van der Waals surface area contributed by atoms with Gasteiger partial charge in [-0.15, -0.1) is 0 Å². The number of benzene rings is 1. The summed E-state index contributed by atoms with van der Waals surface area (Å²) in [4.78, 5) is 29.1.